The molecule has 0 aliphatic carbocycles. The number of hydrogen-bond acceptors (Lipinski definition) is 2. The van der Waals surface area contributed by atoms with Gasteiger partial charge in [0.05, 0.1) is 17.5 Å². The number of carbonyl (C=O) groups excluding carboxylic acids is 1. The number of hydrogen-bond donors (Lipinski definition) is 2. The van der Waals surface area contributed by atoms with Gasteiger partial charge in [-0.2, -0.15) is 13.2 Å². The fourth-order valence-electron chi connectivity index (χ4n) is 2.10. The monoisotopic (exact) mass is 302 g/mol. The lowest BCUT2D eigenvalue weighted by atomic mass is 9.92. The highest BCUT2D eigenvalue weighted by molar-refractivity contribution is 5.79. The van der Waals surface area contributed by atoms with Gasteiger partial charge in [-0.3, -0.25) is 4.79 Å². The predicted octanol–water partition coefficient (Wildman–Crippen LogP) is 2.88. The molecule has 1 rings (SSSR count). The zero-order valence-corrected chi connectivity index (χ0v) is 12.3. The van der Waals surface area contributed by atoms with E-state index in [1.807, 2.05) is 13.8 Å². The molecule has 0 bridgehead atoms. The Bertz CT molecular complexity index is 457. The average Bonchev–Trinajstić information content (AvgIpc) is 2.44. The van der Waals surface area contributed by atoms with E-state index in [1.54, 1.807) is 0 Å². The Kier molecular flexibility index (Phi) is 5.78. The summed E-state index contributed by atoms with van der Waals surface area (Å²) in [6.45, 7) is 4.21. The topological polar surface area (TPSA) is 55.1 Å². The van der Waals surface area contributed by atoms with Gasteiger partial charge in [-0.15, -0.1) is 0 Å². The van der Waals surface area contributed by atoms with Crippen LogP contribution in [0, 0.1) is 0 Å². The summed E-state index contributed by atoms with van der Waals surface area (Å²) in [4.78, 5) is 12.0. The second-order valence-electron chi connectivity index (χ2n) is 5.11. The molecule has 0 unspecified atom stereocenters. The predicted molar refractivity (Wildman–Crippen MR) is 75.7 cm³/mol. The molecular formula is C15H21F3N2O. The minimum Gasteiger partial charge on any atom is -0.349 e. The van der Waals surface area contributed by atoms with Crippen molar-refractivity contribution in [2.45, 2.75) is 44.8 Å². The van der Waals surface area contributed by atoms with Gasteiger partial charge < -0.3 is 11.1 Å². The fourth-order valence-corrected chi connectivity index (χ4v) is 2.10. The van der Waals surface area contributed by atoms with Crippen molar-refractivity contribution in [2.24, 2.45) is 5.73 Å². The van der Waals surface area contributed by atoms with Crippen molar-refractivity contribution in [2.75, 3.05) is 6.54 Å². The Morgan fingerprint density at radius 1 is 1.14 bits per heavy atom. The van der Waals surface area contributed by atoms with Crippen molar-refractivity contribution in [1.29, 1.82) is 0 Å². The first kappa shape index (κ1) is 17.5. The Labute approximate surface area is 122 Å². The maximum atomic E-state index is 12.4. The highest BCUT2D eigenvalue weighted by Crippen LogP contribution is 2.29. The van der Waals surface area contributed by atoms with Crippen LogP contribution >= 0.6 is 0 Å². The lowest BCUT2D eigenvalue weighted by Gasteiger charge is -2.31. The van der Waals surface area contributed by atoms with Gasteiger partial charge in [0, 0.05) is 6.54 Å². The Hall–Kier alpha value is -1.56. The molecule has 0 fully saturated rings. The number of nitrogens with two attached hydrogens (primary N) is 1. The summed E-state index contributed by atoms with van der Waals surface area (Å²) in [5, 5.41) is 2.89. The quantitative estimate of drug-likeness (QED) is 0.849. The first-order valence-corrected chi connectivity index (χ1v) is 6.93. The summed E-state index contributed by atoms with van der Waals surface area (Å²) in [5.41, 5.74) is 5.08. The van der Waals surface area contributed by atoms with E-state index in [4.69, 9.17) is 5.73 Å². The number of rotatable bonds is 6. The van der Waals surface area contributed by atoms with Crippen LogP contribution in [0.4, 0.5) is 13.2 Å². The van der Waals surface area contributed by atoms with Crippen LogP contribution in [0.5, 0.6) is 0 Å². The number of benzene rings is 1. The minimum atomic E-state index is -4.36. The zero-order valence-electron chi connectivity index (χ0n) is 12.3. The van der Waals surface area contributed by atoms with Crippen LogP contribution in [0.25, 0.3) is 0 Å². The van der Waals surface area contributed by atoms with E-state index in [1.165, 1.54) is 12.1 Å². The van der Waals surface area contributed by atoms with Crippen molar-refractivity contribution in [3.05, 3.63) is 35.4 Å². The minimum absolute atomic E-state index is 0.0416. The van der Waals surface area contributed by atoms with Crippen LogP contribution in [-0.2, 0) is 17.4 Å². The van der Waals surface area contributed by atoms with Crippen LogP contribution in [0.2, 0.25) is 0 Å². The zero-order chi connectivity index (χ0) is 16.1. The van der Waals surface area contributed by atoms with Gasteiger partial charge in [-0.25, -0.2) is 0 Å². The van der Waals surface area contributed by atoms with E-state index >= 15 is 0 Å². The molecule has 3 nitrogen and oxygen atoms in total. The summed E-state index contributed by atoms with van der Waals surface area (Å²) in [5.74, 6) is -0.232. The third kappa shape index (κ3) is 4.74. The van der Waals surface area contributed by atoms with Gasteiger partial charge in [-0.1, -0.05) is 26.0 Å². The second-order valence-corrected chi connectivity index (χ2v) is 5.11. The average molecular weight is 302 g/mol. The van der Waals surface area contributed by atoms with Gasteiger partial charge in [0.15, 0.2) is 0 Å². The molecular weight excluding hydrogens is 281 g/mol. The molecule has 118 valence electrons. The van der Waals surface area contributed by atoms with Gasteiger partial charge in [-0.05, 0) is 30.5 Å². The number of alkyl halides is 3. The summed E-state index contributed by atoms with van der Waals surface area (Å²) in [6.07, 6.45) is -2.91. The Balaban J connectivity index is 2.71. The Morgan fingerprint density at radius 3 is 2.05 bits per heavy atom. The van der Waals surface area contributed by atoms with E-state index in [-0.39, 0.29) is 12.3 Å². The molecule has 0 aromatic heterocycles. The van der Waals surface area contributed by atoms with Crippen LogP contribution in [0.15, 0.2) is 24.3 Å². The van der Waals surface area contributed by atoms with Crippen molar-refractivity contribution < 1.29 is 18.0 Å². The van der Waals surface area contributed by atoms with Crippen molar-refractivity contribution >= 4 is 5.91 Å². The molecule has 0 aliphatic rings. The van der Waals surface area contributed by atoms with Crippen molar-refractivity contribution in [3.8, 4) is 0 Å². The highest BCUT2D eigenvalue weighted by atomic mass is 19.4. The molecule has 6 heteroatoms. The molecule has 3 N–H and O–H groups in total. The molecule has 0 saturated heterocycles. The third-order valence-corrected chi connectivity index (χ3v) is 3.79. The normalized spacial score (nSPS) is 12.3. The molecule has 1 aromatic carbocycles. The summed E-state index contributed by atoms with van der Waals surface area (Å²) < 4.78 is 37.3. The molecule has 1 amide bonds. The summed E-state index contributed by atoms with van der Waals surface area (Å²) >= 11 is 0. The van der Waals surface area contributed by atoms with E-state index in [0.717, 1.165) is 12.1 Å². The molecule has 0 spiro atoms. The van der Waals surface area contributed by atoms with Crippen LogP contribution in [0.1, 0.15) is 37.8 Å². The standard InChI is InChI=1S/C15H21F3N2O/c1-3-14(4-2,10-19)20-13(21)9-11-5-7-12(8-6-11)15(16,17)18/h5-8H,3-4,9-10,19H2,1-2H3,(H,20,21). The smallest absolute Gasteiger partial charge is 0.349 e. The molecule has 0 heterocycles. The van der Waals surface area contributed by atoms with Crippen LogP contribution < -0.4 is 11.1 Å². The summed E-state index contributed by atoms with van der Waals surface area (Å²) in [6, 6.07) is 4.62. The maximum absolute atomic E-state index is 12.4. The molecule has 1 aromatic rings. The lowest BCUT2D eigenvalue weighted by molar-refractivity contribution is -0.137. The van der Waals surface area contributed by atoms with E-state index in [2.05, 4.69) is 5.32 Å². The number of amides is 1. The molecule has 0 atom stereocenters. The molecule has 0 saturated carbocycles. The Morgan fingerprint density at radius 2 is 1.67 bits per heavy atom. The maximum Gasteiger partial charge on any atom is 0.416 e. The lowest BCUT2D eigenvalue weighted by Crippen LogP contribution is -2.53. The van der Waals surface area contributed by atoms with E-state index < -0.39 is 17.3 Å². The third-order valence-electron chi connectivity index (χ3n) is 3.79. The SMILES string of the molecule is CCC(CC)(CN)NC(=O)Cc1ccc(C(F)(F)F)cc1. The van der Waals surface area contributed by atoms with Gasteiger partial charge in [0.25, 0.3) is 0 Å². The molecule has 21 heavy (non-hydrogen) atoms. The summed E-state index contributed by atoms with van der Waals surface area (Å²) in [7, 11) is 0. The van der Waals surface area contributed by atoms with Gasteiger partial charge in [0.1, 0.15) is 0 Å². The van der Waals surface area contributed by atoms with Crippen LogP contribution in [-0.4, -0.2) is 18.0 Å². The molecule has 0 radical (unpaired) electrons. The number of carbonyl (C=O) groups is 1. The van der Waals surface area contributed by atoms with Gasteiger partial charge in [0.2, 0.25) is 5.91 Å². The van der Waals surface area contributed by atoms with Crippen molar-refractivity contribution in [3.63, 3.8) is 0 Å². The first-order chi connectivity index (χ1) is 9.76. The fraction of sp³-hybridized carbons (Fsp3) is 0.533. The van der Waals surface area contributed by atoms with Gasteiger partial charge >= 0.3 is 6.18 Å². The number of nitrogens with one attached hydrogen (secondary N) is 1. The molecule has 0 aliphatic heterocycles. The van der Waals surface area contributed by atoms with E-state index in [9.17, 15) is 18.0 Å². The number of halogens is 3. The second kappa shape index (κ2) is 6.93. The van der Waals surface area contributed by atoms with Crippen LogP contribution in [0.3, 0.4) is 0 Å². The largest absolute Gasteiger partial charge is 0.416 e. The highest BCUT2D eigenvalue weighted by Gasteiger charge is 2.30. The van der Waals surface area contributed by atoms with Crippen molar-refractivity contribution in [1.82, 2.24) is 5.32 Å². The first-order valence-electron chi connectivity index (χ1n) is 6.93. The van der Waals surface area contributed by atoms with E-state index in [0.29, 0.717) is 24.9 Å².